The van der Waals surface area contributed by atoms with Gasteiger partial charge in [-0.25, -0.2) is 4.79 Å². The van der Waals surface area contributed by atoms with Gasteiger partial charge in [-0.2, -0.15) is 0 Å². The van der Waals surface area contributed by atoms with Gasteiger partial charge in [-0.3, -0.25) is 4.79 Å². The fourth-order valence-electron chi connectivity index (χ4n) is 2.77. The SMILES string of the molecule is COC(=O)c1cccc(NC(=O)C2(c3ccc(OC)cc3)CC2)c1. The lowest BCUT2D eigenvalue weighted by Crippen LogP contribution is -2.27. The van der Waals surface area contributed by atoms with Crippen LogP contribution < -0.4 is 10.1 Å². The molecule has 0 radical (unpaired) electrons. The van der Waals surface area contributed by atoms with E-state index >= 15 is 0 Å². The summed E-state index contributed by atoms with van der Waals surface area (Å²) in [5, 5.41) is 2.91. The van der Waals surface area contributed by atoms with Crippen LogP contribution in [0.15, 0.2) is 48.5 Å². The number of carbonyl (C=O) groups is 2. The minimum Gasteiger partial charge on any atom is -0.497 e. The molecule has 0 aromatic heterocycles. The molecule has 5 heteroatoms. The van der Waals surface area contributed by atoms with Crippen LogP contribution in [0.5, 0.6) is 5.75 Å². The molecular formula is C19H19NO4. The van der Waals surface area contributed by atoms with E-state index in [1.807, 2.05) is 24.3 Å². The number of amides is 1. The molecule has 1 saturated carbocycles. The number of benzene rings is 2. The lowest BCUT2D eigenvalue weighted by molar-refractivity contribution is -0.118. The normalized spacial score (nSPS) is 14.6. The molecular weight excluding hydrogens is 306 g/mol. The highest BCUT2D eigenvalue weighted by Crippen LogP contribution is 2.49. The number of carbonyl (C=O) groups excluding carboxylic acids is 2. The van der Waals surface area contributed by atoms with Gasteiger partial charge in [0.1, 0.15) is 5.75 Å². The van der Waals surface area contributed by atoms with Gasteiger partial charge in [0.15, 0.2) is 0 Å². The Morgan fingerprint density at radius 3 is 2.33 bits per heavy atom. The van der Waals surface area contributed by atoms with Gasteiger partial charge in [-0.05, 0) is 48.7 Å². The molecule has 2 aromatic carbocycles. The highest BCUT2D eigenvalue weighted by Gasteiger charge is 2.51. The standard InChI is InChI=1S/C19H19NO4/c1-23-16-8-6-14(7-9-16)19(10-11-19)18(22)20-15-5-3-4-13(12-15)17(21)24-2/h3-9,12H,10-11H2,1-2H3,(H,20,22). The van der Waals surface area contributed by atoms with Crippen molar-refractivity contribution in [2.24, 2.45) is 0 Å². The fraction of sp³-hybridized carbons (Fsp3) is 0.263. The quantitative estimate of drug-likeness (QED) is 0.858. The van der Waals surface area contributed by atoms with Gasteiger partial charge in [0.25, 0.3) is 0 Å². The van der Waals surface area contributed by atoms with Crippen molar-refractivity contribution in [3.05, 3.63) is 59.7 Å². The number of methoxy groups -OCH3 is 2. The molecule has 1 aliphatic rings. The molecule has 1 fully saturated rings. The monoisotopic (exact) mass is 325 g/mol. The van der Waals surface area contributed by atoms with Crippen LogP contribution in [0.1, 0.15) is 28.8 Å². The van der Waals surface area contributed by atoms with Crippen molar-refractivity contribution in [3.63, 3.8) is 0 Å². The van der Waals surface area contributed by atoms with Crippen molar-refractivity contribution in [3.8, 4) is 5.75 Å². The minimum absolute atomic E-state index is 0.0605. The molecule has 0 aliphatic heterocycles. The Bertz CT molecular complexity index is 763. The van der Waals surface area contributed by atoms with Gasteiger partial charge in [-0.1, -0.05) is 18.2 Å². The predicted molar refractivity (Wildman–Crippen MR) is 90.3 cm³/mol. The topological polar surface area (TPSA) is 64.6 Å². The van der Waals surface area contributed by atoms with Gasteiger partial charge in [-0.15, -0.1) is 0 Å². The number of anilines is 1. The molecule has 0 heterocycles. The summed E-state index contributed by atoms with van der Waals surface area (Å²) in [7, 11) is 2.94. The Kier molecular flexibility index (Phi) is 4.25. The van der Waals surface area contributed by atoms with Crippen LogP contribution in [0.4, 0.5) is 5.69 Å². The molecule has 1 N–H and O–H groups in total. The van der Waals surface area contributed by atoms with E-state index in [0.29, 0.717) is 11.3 Å². The third-order valence-corrected chi connectivity index (χ3v) is 4.37. The highest BCUT2D eigenvalue weighted by atomic mass is 16.5. The third kappa shape index (κ3) is 2.97. The van der Waals surface area contributed by atoms with Crippen LogP contribution in [0.2, 0.25) is 0 Å². The first-order valence-electron chi connectivity index (χ1n) is 7.73. The molecule has 1 amide bonds. The van der Waals surface area contributed by atoms with E-state index in [-0.39, 0.29) is 5.91 Å². The average Bonchev–Trinajstić information content (AvgIpc) is 3.43. The Hall–Kier alpha value is -2.82. The van der Waals surface area contributed by atoms with Gasteiger partial charge in [0.05, 0.1) is 25.2 Å². The Morgan fingerprint density at radius 2 is 1.75 bits per heavy atom. The second-order valence-corrected chi connectivity index (χ2v) is 5.84. The van der Waals surface area contributed by atoms with Crippen molar-refractivity contribution in [2.45, 2.75) is 18.3 Å². The number of esters is 1. The van der Waals surface area contributed by atoms with Crippen molar-refractivity contribution in [2.75, 3.05) is 19.5 Å². The van der Waals surface area contributed by atoms with E-state index in [1.165, 1.54) is 7.11 Å². The van der Waals surface area contributed by atoms with Crippen LogP contribution in [0.3, 0.4) is 0 Å². The summed E-state index contributed by atoms with van der Waals surface area (Å²) in [6.07, 6.45) is 1.61. The molecule has 124 valence electrons. The molecule has 3 rings (SSSR count). The summed E-state index contributed by atoms with van der Waals surface area (Å²) < 4.78 is 9.86. The minimum atomic E-state index is -0.493. The summed E-state index contributed by atoms with van der Waals surface area (Å²) in [6.45, 7) is 0. The first-order valence-corrected chi connectivity index (χ1v) is 7.73. The van der Waals surface area contributed by atoms with Gasteiger partial charge < -0.3 is 14.8 Å². The summed E-state index contributed by atoms with van der Waals surface area (Å²) >= 11 is 0. The van der Waals surface area contributed by atoms with Crippen LogP contribution in [0, 0.1) is 0 Å². The molecule has 0 spiro atoms. The zero-order valence-corrected chi connectivity index (χ0v) is 13.7. The van der Waals surface area contributed by atoms with Gasteiger partial charge in [0.2, 0.25) is 5.91 Å². The van der Waals surface area contributed by atoms with Crippen LogP contribution >= 0.6 is 0 Å². The molecule has 2 aromatic rings. The van der Waals surface area contributed by atoms with E-state index in [9.17, 15) is 9.59 Å². The average molecular weight is 325 g/mol. The zero-order valence-electron chi connectivity index (χ0n) is 13.7. The molecule has 0 unspecified atom stereocenters. The Labute approximate surface area is 140 Å². The maximum absolute atomic E-state index is 12.7. The molecule has 0 atom stereocenters. The smallest absolute Gasteiger partial charge is 0.337 e. The fourth-order valence-corrected chi connectivity index (χ4v) is 2.77. The predicted octanol–water partition coefficient (Wildman–Crippen LogP) is 3.15. The Morgan fingerprint density at radius 1 is 1.04 bits per heavy atom. The third-order valence-electron chi connectivity index (χ3n) is 4.37. The molecule has 24 heavy (non-hydrogen) atoms. The van der Waals surface area contributed by atoms with Crippen molar-refractivity contribution >= 4 is 17.6 Å². The second kappa shape index (κ2) is 6.35. The first-order chi connectivity index (χ1) is 11.6. The lowest BCUT2D eigenvalue weighted by atomic mass is 9.94. The number of rotatable bonds is 5. The largest absolute Gasteiger partial charge is 0.497 e. The van der Waals surface area contributed by atoms with Crippen molar-refractivity contribution < 1.29 is 19.1 Å². The molecule has 0 saturated heterocycles. The summed E-state index contributed by atoms with van der Waals surface area (Å²) in [4.78, 5) is 24.3. The molecule has 5 nitrogen and oxygen atoms in total. The summed E-state index contributed by atoms with van der Waals surface area (Å²) in [6, 6.07) is 14.3. The van der Waals surface area contributed by atoms with Gasteiger partial charge in [0, 0.05) is 5.69 Å². The second-order valence-electron chi connectivity index (χ2n) is 5.84. The summed E-state index contributed by atoms with van der Waals surface area (Å²) in [5.41, 5.74) is 1.48. The number of hydrogen-bond acceptors (Lipinski definition) is 4. The van der Waals surface area contributed by atoms with E-state index in [4.69, 9.17) is 9.47 Å². The lowest BCUT2D eigenvalue weighted by Gasteiger charge is -2.16. The zero-order chi connectivity index (χ0) is 17.2. The van der Waals surface area contributed by atoms with E-state index in [1.54, 1.807) is 31.4 Å². The van der Waals surface area contributed by atoms with Crippen LogP contribution in [-0.2, 0) is 14.9 Å². The number of hydrogen-bond donors (Lipinski definition) is 1. The van der Waals surface area contributed by atoms with E-state index in [2.05, 4.69) is 5.32 Å². The molecule has 1 aliphatic carbocycles. The van der Waals surface area contributed by atoms with Crippen LogP contribution in [-0.4, -0.2) is 26.1 Å². The first kappa shape index (κ1) is 16.1. The number of ether oxygens (including phenoxy) is 2. The van der Waals surface area contributed by atoms with E-state index < -0.39 is 11.4 Å². The van der Waals surface area contributed by atoms with Gasteiger partial charge >= 0.3 is 5.97 Å². The van der Waals surface area contributed by atoms with Crippen LogP contribution in [0.25, 0.3) is 0 Å². The van der Waals surface area contributed by atoms with Crippen molar-refractivity contribution in [1.29, 1.82) is 0 Å². The maximum Gasteiger partial charge on any atom is 0.337 e. The maximum atomic E-state index is 12.7. The number of nitrogens with one attached hydrogen (secondary N) is 1. The Balaban J connectivity index is 1.78. The highest BCUT2D eigenvalue weighted by molar-refractivity contribution is 6.02. The van der Waals surface area contributed by atoms with E-state index in [0.717, 1.165) is 24.2 Å². The molecule has 0 bridgehead atoms. The summed E-state index contributed by atoms with van der Waals surface area (Å²) in [5.74, 6) is 0.276. The van der Waals surface area contributed by atoms with Crippen molar-refractivity contribution in [1.82, 2.24) is 0 Å².